The summed E-state index contributed by atoms with van der Waals surface area (Å²) < 4.78 is 5.20. The van der Waals surface area contributed by atoms with Crippen molar-refractivity contribution in [3.05, 3.63) is 0 Å². The van der Waals surface area contributed by atoms with E-state index in [0.29, 0.717) is 38.9 Å². The molecule has 0 aromatic carbocycles. The van der Waals surface area contributed by atoms with Crippen molar-refractivity contribution in [3.63, 3.8) is 0 Å². The fourth-order valence-electron chi connectivity index (χ4n) is 2.63. The monoisotopic (exact) mass is 256 g/mol. The van der Waals surface area contributed by atoms with Crippen LogP contribution in [0.4, 0.5) is 0 Å². The van der Waals surface area contributed by atoms with E-state index >= 15 is 0 Å². The predicted octanol–water partition coefficient (Wildman–Crippen LogP) is -0.136. The summed E-state index contributed by atoms with van der Waals surface area (Å²) in [6.45, 7) is 1.01. The molecule has 1 amide bonds. The lowest BCUT2D eigenvalue weighted by Crippen LogP contribution is -2.58. The second kappa shape index (κ2) is 5.24. The Labute approximate surface area is 106 Å². The van der Waals surface area contributed by atoms with Crippen LogP contribution in [0.3, 0.4) is 0 Å². The lowest BCUT2D eigenvalue weighted by atomic mass is 9.90. The van der Waals surface area contributed by atoms with E-state index in [9.17, 15) is 9.59 Å². The summed E-state index contributed by atoms with van der Waals surface area (Å²) in [5.74, 6) is -1.28. The smallest absolute Gasteiger partial charge is 0.306 e. The lowest BCUT2D eigenvalue weighted by Gasteiger charge is -2.32. The molecule has 6 heteroatoms. The van der Waals surface area contributed by atoms with Gasteiger partial charge in [0.05, 0.1) is 11.5 Å². The fraction of sp³-hybridized carbons (Fsp3) is 0.833. The third-order valence-electron chi connectivity index (χ3n) is 3.95. The first kappa shape index (κ1) is 13.3. The summed E-state index contributed by atoms with van der Waals surface area (Å²) in [4.78, 5) is 23.0. The van der Waals surface area contributed by atoms with Crippen LogP contribution in [0.25, 0.3) is 0 Å². The fourth-order valence-corrected chi connectivity index (χ4v) is 2.63. The number of amides is 1. The van der Waals surface area contributed by atoms with Crippen LogP contribution in [0.1, 0.15) is 32.1 Å². The number of ether oxygens (including phenoxy) is 1. The van der Waals surface area contributed by atoms with Gasteiger partial charge in [-0.15, -0.1) is 0 Å². The molecule has 102 valence electrons. The SMILES string of the molecule is NC1(C(=O)N[C@H]2CC[C@@H](C(=O)O)C2)CCOCC1. The molecule has 1 aliphatic heterocycles. The summed E-state index contributed by atoms with van der Waals surface area (Å²) in [5, 5.41) is 11.8. The highest BCUT2D eigenvalue weighted by Crippen LogP contribution is 2.27. The van der Waals surface area contributed by atoms with Gasteiger partial charge in [-0.2, -0.15) is 0 Å². The highest BCUT2D eigenvalue weighted by atomic mass is 16.5. The highest BCUT2D eigenvalue weighted by Gasteiger charge is 2.38. The molecule has 0 radical (unpaired) electrons. The molecule has 0 aromatic heterocycles. The van der Waals surface area contributed by atoms with Crippen molar-refractivity contribution >= 4 is 11.9 Å². The largest absolute Gasteiger partial charge is 0.481 e. The zero-order valence-corrected chi connectivity index (χ0v) is 10.4. The van der Waals surface area contributed by atoms with Crippen molar-refractivity contribution in [2.45, 2.75) is 43.7 Å². The Kier molecular flexibility index (Phi) is 3.87. The summed E-state index contributed by atoms with van der Waals surface area (Å²) >= 11 is 0. The average Bonchev–Trinajstić information content (AvgIpc) is 2.78. The summed E-state index contributed by atoms with van der Waals surface area (Å²) in [7, 11) is 0. The van der Waals surface area contributed by atoms with Crippen molar-refractivity contribution in [2.75, 3.05) is 13.2 Å². The maximum atomic E-state index is 12.1. The van der Waals surface area contributed by atoms with E-state index in [1.807, 2.05) is 0 Å². The molecule has 1 saturated carbocycles. The van der Waals surface area contributed by atoms with Crippen LogP contribution in [0.2, 0.25) is 0 Å². The number of carbonyl (C=O) groups is 2. The first-order chi connectivity index (χ1) is 8.51. The van der Waals surface area contributed by atoms with Gasteiger partial charge in [0.1, 0.15) is 0 Å². The Morgan fingerprint density at radius 1 is 1.28 bits per heavy atom. The minimum atomic E-state index is -0.848. The Morgan fingerprint density at radius 3 is 2.50 bits per heavy atom. The molecule has 1 aliphatic carbocycles. The van der Waals surface area contributed by atoms with E-state index in [-0.39, 0.29) is 17.9 Å². The molecule has 2 aliphatic rings. The van der Waals surface area contributed by atoms with Gasteiger partial charge in [0.2, 0.25) is 5.91 Å². The summed E-state index contributed by atoms with van der Waals surface area (Å²) in [6, 6.07) is -0.0538. The van der Waals surface area contributed by atoms with Gasteiger partial charge in [-0.05, 0) is 32.1 Å². The molecule has 6 nitrogen and oxygen atoms in total. The first-order valence-corrected chi connectivity index (χ1v) is 6.42. The predicted molar refractivity (Wildman–Crippen MR) is 63.9 cm³/mol. The zero-order valence-electron chi connectivity index (χ0n) is 10.4. The zero-order chi connectivity index (χ0) is 13.2. The molecule has 1 saturated heterocycles. The number of nitrogens with two attached hydrogens (primary N) is 1. The maximum absolute atomic E-state index is 12.1. The van der Waals surface area contributed by atoms with Crippen molar-refractivity contribution < 1.29 is 19.4 Å². The van der Waals surface area contributed by atoms with Crippen molar-refractivity contribution in [2.24, 2.45) is 11.7 Å². The molecule has 2 fully saturated rings. The van der Waals surface area contributed by atoms with Crippen LogP contribution >= 0.6 is 0 Å². The maximum Gasteiger partial charge on any atom is 0.306 e. The van der Waals surface area contributed by atoms with Gasteiger partial charge in [0, 0.05) is 19.3 Å². The van der Waals surface area contributed by atoms with Gasteiger partial charge >= 0.3 is 5.97 Å². The van der Waals surface area contributed by atoms with E-state index in [4.69, 9.17) is 15.6 Å². The van der Waals surface area contributed by atoms with Crippen LogP contribution in [-0.2, 0) is 14.3 Å². The standard InChI is InChI=1S/C12H20N2O4/c13-12(3-5-18-6-4-12)11(17)14-9-2-1-8(7-9)10(15)16/h8-9H,1-7,13H2,(H,14,17)(H,15,16)/t8-,9+/m1/s1. The van der Waals surface area contributed by atoms with Gasteiger partial charge in [-0.1, -0.05) is 0 Å². The van der Waals surface area contributed by atoms with Gasteiger partial charge < -0.3 is 20.9 Å². The number of carboxylic acids is 1. The number of rotatable bonds is 3. The van der Waals surface area contributed by atoms with Crippen LogP contribution in [-0.4, -0.2) is 41.8 Å². The third-order valence-corrected chi connectivity index (χ3v) is 3.95. The van der Waals surface area contributed by atoms with E-state index in [2.05, 4.69) is 5.32 Å². The number of hydrogen-bond donors (Lipinski definition) is 3. The van der Waals surface area contributed by atoms with Crippen molar-refractivity contribution in [1.82, 2.24) is 5.32 Å². The Bertz CT molecular complexity index is 339. The second-order valence-electron chi connectivity index (χ2n) is 5.29. The van der Waals surface area contributed by atoms with Crippen LogP contribution in [0, 0.1) is 5.92 Å². The number of nitrogens with one attached hydrogen (secondary N) is 1. The molecule has 0 aromatic rings. The van der Waals surface area contributed by atoms with Crippen molar-refractivity contribution in [3.8, 4) is 0 Å². The molecule has 4 N–H and O–H groups in total. The quantitative estimate of drug-likeness (QED) is 0.652. The Hall–Kier alpha value is -1.14. The number of carboxylic acid groups (broad SMARTS) is 1. The van der Waals surface area contributed by atoms with Gasteiger partial charge in [0.25, 0.3) is 0 Å². The second-order valence-corrected chi connectivity index (χ2v) is 5.29. The van der Waals surface area contributed by atoms with E-state index in [1.54, 1.807) is 0 Å². The summed E-state index contributed by atoms with van der Waals surface area (Å²) in [6.07, 6.45) is 2.89. The van der Waals surface area contributed by atoms with Gasteiger partial charge in [-0.3, -0.25) is 9.59 Å². The third kappa shape index (κ3) is 2.81. The van der Waals surface area contributed by atoms with Gasteiger partial charge in [-0.25, -0.2) is 0 Å². The lowest BCUT2D eigenvalue weighted by molar-refractivity contribution is -0.141. The minimum absolute atomic E-state index is 0.0538. The summed E-state index contributed by atoms with van der Waals surface area (Å²) in [5.41, 5.74) is 5.22. The number of hydrogen-bond acceptors (Lipinski definition) is 4. The first-order valence-electron chi connectivity index (χ1n) is 6.42. The Morgan fingerprint density at radius 2 is 1.94 bits per heavy atom. The molecule has 1 heterocycles. The Balaban J connectivity index is 1.86. The van der Waals surface area contributed by atoms with Crippen LogP contribution in [0.15, 0.2) is 0 Å². The molecule has 18 heavy (non-hydrogen) atoms. The van der Waals surface area contributed by atoms with Gasteiger partial charge in [0.15, 0.2) is 0 Å². The molecular weight excluding hydrogens is 236 g/mol. The van der Waals surface area contributed by atoms with E-state index in [0.717, 1.165) is 6.42 Å². The molecule has 0 bridgehead atoms. The normalized spacial score (nSPS) is 30.9. The van der Waals surface area contributed by atoms with Crippen LogP contribution < -0.4 is 11.1 Å². The number of aliphatic carboxylic acids is 1. The van der Waals surface area contributed by atoms with E-state index in [1.165, 1.54) is 0 Å². The molecule has 2 rings (SSSR count). The molecule has 2 atom stereocenters. The molecule has 0 spiro atoms. The van der Waals surface area contributed by atoms with E-state index < -0.39 is 11.5 Å². The minimum Gasteiger partial charge on any atom is -0.481 e. The molecular formula is C12H20N2O4. The van der Waals surface area contributed by atoms with Crippen molar-refractivity contribution in [1.29, 1.82) is 0 Å². The number of carbonyl (C=O) groups excluding carboxylic acids is 1. The average molecular weight is 256 g/mol. The topological polar surface area (TPSA) is 102 Å². The molecule has 0 unspecified atom stereocenters. The van der Waals surface area contributed by atoms with Crippen LogP contribution in [0.5, 0.6) is 0 Å². The highest BCUT2D eigenvalue weighted by molar-refractivity contribution is 5.86.